The molecule has 0 aliphatic rings. The minimum atomic E-state index is -0.610. The van der Waals surface area contributed by atoms with Gasteiger partial charge < -0.3 is 4.74 Å². The number of nitrogens with zero attached hydrogens (tertiary/aromatic N) is 2. The summed E-state index contributed by atoms with van der Waals surface area (Å²) in [5, 5.41) is 2.93. The van der Waals surface area contributed by atoms with E-state index < -0.39 is 11.8 Å². The van der Waals surface area contributed by atoms with Gasteiger partial charge in [0.05, 0.1) is 46.9 Å². The lowest BCUT2D eigenvalue weighted by Gasteiger charge is -2.02. The van der Waals surface area contributed by atoms with Crippen molar-refractivity contribution in [1.29, 1.82) is 0 Å². The number of carbonyl (C=O) groups is 1. The standard InChI is InChI=1S/C20H17ClFN3O3/c1-12(23-13-8-9-15(21)16(22)10-13)19-17(11-18(26)28-2)24-25(20(19)27)14-6-4-3-5-7-14/h3-10,24H,11H2,1-2H3. The van der Waals surface area contributed by atoms with Gasteiger partial charge in [-0.05, 0) is 31.2 Å². The van der Waals surface area contributed by atoms with Crippen molar-refractivity contribution in [3.05, 3.63) is 81.0 Å². The molecule has 28 heavy (non-hydrogen) atoms. The van der Waals surface area contributed by atoms with Crippen LogP contribution >= 0.6 is 11.6 Å². The SMILES string of the molecule is COC(=O)Cc1[nH]n(-c2ccccc2)c(=O)c1C(C)=Nc1ccc(Cl)c(F)c1. The highest BCUT2D eigenvalue weighted by molar-refractivity contribution is 6.30. The van der Waals surface area contributed by atoms with Crippen molar-refractivity contribution in [3.63, 3.8) is 0 Å². The van der Waals surface area contributed by atoms with Gasteiger partial charge in [0.25, 0.3) is 5.56 Å². The van der Waals surface area contributed by atoms with Gasteiger partial charge in [-0.25, -0.2) is 9.07 Å². The Morgan fingerprint density at radius 3 is 2.61 bits per heavy atom. The monoisotopic (exact) mass is 401 g/mol. The molecule has 1 heterocycles. The van der Waals surface area contributed by atoms with Crippen LogP contribution < -0.4 is 5.56 Å². The number of esters is 1. The van der Waals surface area contributed by atoms with Crippen LogP contribution in [0.15, 0.2) is 58.3 Å². The Hall–Kier alpha value is -3.19. The number of methoxy groups -OCH3 is 1. The molecule has 0 spiro atoms. The quantitative estimate of drug-likeness (QED) is 0.521. The zero-order valence-electron chi connectivity index (χ0n) is 15.2. The van der Waals surface area contributed by atoms with E-state index in [4.69, 9.17) is 16.3 Å². The Bertz CT molecular complexity index is 1100. The van der Waals surface area contributed by atoms with Gasteiger partial charge in [0.15, 0.2) is 0 Å². The molecule has 3 aromatic rings. The number of benzene rings is 2. The lowest BCUT2D eigenvalue weighted by Crippen LogP contribution is -2.20. The summed E-state index contributed by atoms with van der Waals surface area (Å²) >= 11 is 5.70. The zero-order chi connectivity index (χ0) is 20.3. The van der Waals surface area contributed by atoms with E-state index in [0.717, 1.165) is 0 Å². The summed E-state index contributed by atoms with van der Waals surface area (Å²) in [6.07, 6.45) is -0.136. The molecule has 1 aromatic heterocycles. The van der Waals surface area contributed by atoms with E-state index in [9.17, 15) is 14.0 Å². The molecular formula is C20H17ClFN3O3. The molecule has 0 bridgehead atoms. The zero-order valence-corrected chi connectivity index (χ0v) is 16.0. The predicted molar refractivity (Wildman–Crippen MR) is 105 cm³/mol. The highest BCUT2D eigenvalue weighted by Gasteiger charge is 2.20. The Morgan fingerprint density at radius 1 is 1.25 bits per heavy atom. The van der Waals surface area contributed by atoms with Crippen molar-refractivity contribution < 1.29 is 13.9 Å². The first kappa shape index (κ1) is 19.6. The first-order chi connectivity index (χ1) is 13.4. The number of aromatic nitrogens is 2. The van der Waals surface area contributed by atoms with E-state index in [1.165, 1.54) is 30.0 Å². The first-order valence-electron chi connectivity index (χ1n) is 8.37. The molecule has 0 fully saturated rings. The van der Waals surface area contributed by atoms with Crippen molar-refractivity contribution in [2.75, 3.05) is 7.11 Å². The summed E-state index contributed by atoms with van der Waals surface area (Å²) in [5.41, 5.74) is 1.45. The topological polar surface area (TPSA) is 76.5 Å². The van der Waals surface area contributed by atoms with Crippen LogP contribution in [0.3, 0.4) is 0 Å². The summed E-state index contributed by atoms with van der Waals surface area (Å²) in [6.45, 7) is 1.62. The largest absolute Gasteiger partial charge is 0.469 e. The van der Waals surface area contributed by atoms with E-state index in [-0.39, 0.29) is 22.6 Å². The van der Waals surface area contributed by atoms with Gasteiger partial charge in [0.1, 0.15) is 5.82 Å². The highest BCUT2D eigenvalue weighted by Crippen LogP contribution is 2.22. The minimum Gasteiger partial charge on any atom is -0.469 e. The maximum atomic E-state index is 13.7. The number of hydrogen-bond acceptors (Lipinski definition) is 4. The number of ether oxygens (including phenoxy) is 1. The molecule has 8 heteroatoms. The third kappa shape index (κ3) is 4.04. The lowest BCUT2D eigenvalue weighted by atomic mass is 10.1. The van der Waals surface area contributed by atoms with E-state index in [1.807, 2.05) is 6.07 Å². The number of rotatable bonds is 5. The molecule has 2 aromatic carbocycles. The molecular weight excluding hydrogens is 385 g/mol. The lowest BCUT2D eigenvalue weighted by molar-refractivity contribution is -0.139. The van der Waals surface area contributed by atoms with Gasteiger partial charge in [0, 0.05) is 6.07 Å². The van der Waals surface area contributed by atoms with Crippen molar-refractivity contribution in [1.82, 2.24) is 9.78 Å². The molecule has 0 aliphatic carbocycles. The van der Waals surface area contributed by atoms with Gasteiger partial charge in [-0.15, -0.1) is 0 Å². The molecule has 0 amide bonds. The minimum absolute atomic E-state index is 0.0175. The third-order valence-electron chi connectivity index (χ3n) is 4.09. The van der Waals surface area contributed by atoms with E-state index >= 15 is 0 Å². The number of hydrogen-bond donors (Lipinski definition) is 1. The summed E-state index contributed by atoms with van der Waals surface area (Å²) < 4.78 is 19.7. The van der Waals surface area contributed by atoms with Crippen LogP contribution in [0.4, 0.5) is 10.1 Å². The Balaban J connectivity index is 2.13. The van der Waals surface area contributed by atoms with Crippen LogP contribution in [0.5, 0.6) is 0 Å². The Morgan fingerprint density at radius 2 is 1.96 bits per heavy atom. The van der Waals surface area contributed by atoms with E-state index in [2.05, 4.69) is 10.1 Å². The maximum absolute atomic E-state index is 13.7. The average Bonchev–Trinajstić information content (AvgIpc) is 3.01. The second kappa shape index (κ2) is 8.22. The first-order valence-corrected chi connectivity index (χ1v) is 8.75. The average molecular weight is 402 g/mol. The van der Waals surface area contributed by atoms with Crippen LogP contribution in [0, 0.1) is 5.82 Å². The van der Waals surface area contributed by atoms with Crippen molar-refractivity contribution in [3.8, 4) is 5.69 Å². The van der Waals surface area contributed by atoms with Crippen LogP contribution in [-0.4, -0.2) is 28.6 Å². The number of halogens is 2. The normalized spacial score (nSPS) is 11.5. The van der Waals surface area contributed by atoms with Crippen molar-refractivity contribution in [2.24, 2.45) is 4.99 Å². The van der Waals surface area contributed by atoms with E-state index in [0.29, 0.717) is 22.8 Å². The molecule has 0 radical (unpaired) electrons. The fourth-order valence-electron chi connectivity index (χ4n) is 2.76. The van der Waals surface area contributed by atoms with Gasteiger partial charge in [-0.3, -0.25) is 19.7 Å². The summed E-state index contributed by atoms with van der Waals surface area (Å²) in [6, 6.07) is 13.0. The second-order valence-electron chi connectivity index (χ2n) is 5.99. The maximum Gasteiger partial charge on any atom is 0.311 e. The number of aliphatic imine (C=N–C) groups is 1. The third-order valence-corrected chi connectivity index (χ3v) is 4.40. The van der Waals surface area contributed by atoms with Crippen LogP contribution in [0.2, 0.25) is 5.02 Å². The fraction of sp³-hybridized carbons (Fsp3) is 0.150. The Kier molecular flexibility index (Phi) is 5.75. The summed E-state index contributed by atoms with van der Waals surface area (Å²) in [5.74, 6) is -1.12. The van der Waals surface area contributed by atoms with Crippen LogP contribution in [0.1, 0.15) is 18.2 Å². The number of para-hydroxylation sites is 1. The van der Waals surface area contributed by atoms with E-state index in [1.54, 1.807) is 31.2 Å². The summed E-state index contributed by atoms with van der Waals surface area (Å²) in [7, 11) is 1.27. The highest BCUT2D eigenvalue weighted by atomic mass is 35.5. The molecule has 0 saturated heterocycles. The van der Waals surface area contributed by atoms with Crippen LogP contribution in [-0.2, 0) is 16.0 Å². The van der Waals surface area contributed by atoms with Crippen molar-refractivity contribution >= 4 is 29.0 Å². The van der Waals surface area contributed by atoms with Gasteiger partial charge in [-0.1, -0.05) is 29.8 Å². The number of H-pyrrole nitrogens is 1. The molecule has 3 rings (SSSR count). The summed E-state index contributed by atoms with van der Waals surface area (Å²) in [4.78, 5) is 29.1. The predicted octanol–water partition coefficient (Wildman–Crippen LogP) is 3.81. The Labute approximate surface area is 165 Å². The van der Waals surface area contributed by atoms with Gasteiger partial charge in [-0.2, -0.15) is 0 Å². The van der Waals surface area contributed by atoms with Gasteiger partial charge >= 0.3 is 5.97 Å². The molecule has 6 nitrogen and oxygen atoms in total. The second-order valence-corrected chi connectivity index (χ2v) is 6.40. The molecule has 0 unspecified atom stereocenters. The number of carbonyl (C=O) groups excluding carboxylic acids is 1. The molecule has 0 atom stereocenters. The van der Waals surface area contributed by atoms with Gasteiger partial charge in [0.2, 0.25) is 0 Å². The molecule has 0 saturated carbocycles. The number of nitrogens with one attached hydrogen (secondary N) is 1. The molecule has 1 N–H and O–H groups in total. The fourth-order valence-corrected chi connectivity index (χ4v) is 2.88. The molecule has 0 aliphatic heterocycles. The molecule has 144 valence electrons. The van der Waals surface area contributed by atoms with Crippen LogP contribution in [0.25, 0.3) is 5.69 Å². The number of aromatic amines is 1. The van der Waals surface area contributed by atoms with Crippen molar-refractivity contribution in [2.45, 2.75) is 13.3 Å². The smallest absolute Gasteiger partial charge is 0.311 e.